The normalized spacial score (nSPS) is 10.8. The monoisotopic (exact) mass is 479 g/mol. The van der Waals surface area contributed by atoms with E-state index in [2.05, 4.69) is 43.7 Å². The summed E-state index contributed by atoms with van der Waals surface area (Å²) in [5.41, 5.74) is 1.89. The number of hydrogen-bond donors (Lipinski definition) is 1. The van der Waals surface area contributed by atoms with E-state index in [1.807, 2.05) is 36.4 Å². The molecule has 0 aliphatic rings. The minimum atomic E-state index is 0.370. The Bertz CT molecular complexity index is 950. The zero-order chi connectivity index (χ0) is 20.6. The first-order chi connectivity index (χ1) is 14.1. The largest absolute Gasteiger partial charge is 0.493 e. The van der Waals surface area contributed by atoms with E-state index in [1.165, 1.54) is 0 Å². The van der Waals surface area contributed by atoms with Crippen LogP contribution < -0.4 is 14.8 Å². The van der Waals surface area contributed by atoms with Crippen molar-refractivity contribution in [3.05, 3.63) is 57.0 Å². The van der Waals surface area contributed by atoms with E-state index in [1.54, 1.807) is 11.8 Å². The molecule has 0 spiro atoms. The quantitative estimate of drug-likeness (QED) is 0.436. The highest BCUT2D eigenvalue weighted by Crippen LogP contribution is 2.37. The molecule has 2 aromatic carbocycles. The second-order valence-electron chi connectivity index (χ2n) is 6.41. The van der Waals surface area contributed by atoms with Crippen LogP contribution in [0.3, 0.4) is 0 Å². The molecule has 0 saturated heterocycles. The summed E-state index contributed by atoms with van der Waals surface area (Å²) in [7, 11) is 1.62. The summed E-state index contributed by atoms with van der Waals surface area (Å²) in [5, 5.41) is 15.9. The molecule has 0 bridgehead atoms. The number of unbranched alkanes of at least 4 members (excludes halogenated alkanes) is 1. The van der Waals surface area contributed by atoms with Crippen LogP contribution >= 0.6 is 27.5 Å². The molecule has 7 nitrogen and oxygen atoms in total. The Labute approximate surface area is 183 Å². The van der Waals surface area contributed by atoms with Crippen molar-refractivity contribution in [1.29, 1.82) is 0 Å². The number of ether oxygens (including phenoxy) is 2. The van der Waals surface area contributed by atoms with E-state index in [-0.39, 0.29) is 0 Å². The standard InChI is InChI=1S/C20H23BrClN5O2/c1-3-4-10-27-20(24-25-26-27)23-12-16-17(21)8-9-18(28-2)19(16)29-13-14-6-5-7-15(22)11-14/h5-9,11H,3-4,10,12-13H2,1-2H3,(H,23,24,26). The summed E-state index contributed by atoms with van der Waals surface area (Å²) < 4.78 is 14.3. The van der Waals surface area contributed by atoms with Crippen molar-refractivity contribution in [2.24, 2.45) is 0 Å². The van der Waals surface area contributed by atoms with Gasteiger partial charge in [0.1, 0.15) is 6.61 Å². The van der Waals surface area contributed by atoms with Gasteiger partial charge in [0, 0.05) is 28.1 Å². The zero-order valence-corrected chi connectivity index (χ0v) is 18.7. The summed E-state index contributed by atoms with van der Waals surface area (Å²) in [6.07, 6.45) is 2.08. The summed E-state index contributed by atoms with van der Waals surface area (Å²) in [6, 6.07) is 11.4. The molecule has 3 rings (SSSR count). The highest BCUT2D eigenvalue weighted by atomic mass is 79.9. The highest BCUT2D eigenvalue weighted by molar-refractivity contribution is 9.10. The second kappa shape index (κ2) is 10.5. The summed E-state index contributed by atoms with van der Waals surface area (Å²) in [5.74, 6) is 1.92. The Hall–Kier alpha value is -2.32. The lowest BCUT2D eigenvalue weighted by atomic mass is 10.1. The van der Waals surface area contributed by atoms with Crippen LogP contribution in [0.25, 0.3) is 0 Å². The molecular weight excluding hydrogens is 458 g/mol. The Morgan fingerprint density at radius 2 is 2.10 bits per heavy atom. The topological polar surface area (TPSA) is 74.1 Å². The average molecular weight is 481 g/mol. The summed E-state index contributed by atoms with van der Waals surface area (Å²) in [4.78, 5) is 0. The van der Waals surface area contributed by atoms with Gasteiger partial charge in [0.2, 0.25) is 5.95 Å². The van der Waals surface area contributed by atoms with Gasteiger partial charge in [-0.05, 0) is 46.7 Å². The number of nitrogens with one attached hydrogen (secondary N) is 1. The van der Waals surface area contributed by atoms with Gasteiger partial charge in [-0.1, -0.05) is 58.1 Å². The number of rotatable bonds is 10. The maximum atomic E-state index is 6.13. The molecule has 29 heavy (non-hydrogen) atoms. The fourth-order valence-electron chi connectivity index (χ4n) is 2.81. The predicted octanol–water partition coefficient (Wildman–Crippen LogP) is 5.09. The van der Waals surface area contributed by atoms with Crippen molar-refractivity contribution in [3.8, 4) is 11.5 Å². The zero-order valence-electron chi connectivity index (χ0n) is 16.4. The molecule has 0 unspecified atom stereocenters. The first-order valence-corrected chi connectivity index (χ1v) is 10.5. The number of aromatic nitrogens is 4. The fourth-order valence-corrected chi connectivity index (χ4v) is 3.47. The van der Waals surface area contributed by atoms with E-state index >= 15 is 0 Å². The van der Waals surface area contributed by atoms with Gasteiger partial charge in [0.25, 0.3) is 0 Å². The maximum Gasteiger partial charge on any atom is 0.243 e. The molecule has 0 amide bonds. The van der Waals surface area contributed by atoms with Crippen LogP contribution in [0.1, 0.15) is 30.9 Å². The molecule has 0 saturated carbocycles. The van der Waals surface area contributed by atoms with Crippen LogP contribution in [0, 0.1) is 0 Å². The second-order valence-corrected chi connectivity index (χ2v) is 7.70. The molecule has 1 N–H and O–H groups in total. The molecule has 9 heteroatoms. The molecule has 0 aliphatic carbocycles. The van der Waals surface area contributed by atoms with E-state index in [0.29, 0.717) is 35.6 Å². The van der Waals surface area contributed by atoms with E-state index < -0.39 is 0 Å². The maximum absolute atomic E-state index is 6.13. The Balaban J connectivity index is 1.79. The van der Waals surface area contributed by atoms with E-state index in [9.17, 15) is 0 Å². The molecule has 0 fully saturated rings. The number of halogens is 2. The Morgan fingerprint density at radius 1 is 1.24 bits per heavy atom. The van der Waals surface area contributed by atoms with Crippen molar-refractivity contribution in [3.63, 3.8) is 0 Å². The first-order valence-electron chi connectivity index (χ1n) is 9.35. The third-order valence-electron chi connectivity index (χ3n) is 4.34. The average Bonchev–Trinajstić information content (AvgIpc) is 3.17. The number of tetrazole rings is 1. The van der Waals surface area contributed by atoms with Crippen molar-refractivity contribution in [1.82, 2.24) is 20.2 Å². The van der Waals surface area contributed by atoms with Crippen molar-refractivity contribution < 1.29 is 9.47 Å². The fraction of sp³-hybridized carbons (Fsp3) is 0.350. The Morgan fingerprint density at radius 3 is 2.86 bits per heavy atom. The van der Waals surface area contributed by atoms with Crippen molar-refractivity contribution >= 4 is 33.5 Å². The summed E-state index contributed by atoms with van der Waals surface area (Å²) in [6.45, 7) is 3.74. The lowest BCUT2D eigenvalue weighted by Crippen LogP contribution is -2.11. The summed E-state index contributed by atoms with van der Waals surface area (Å²) >= 11 is 9.70. The molecule has 0 radical (unpaired) electrons. The molecule has 0 atom stereocenters. The van der Waals surface area contributed by atoms with Crippen molar-refractivity contribution in [2.75, 3.05) is 12.4 Å². The van der Waals surface area contributed by atoms with Crippen LogP contribution in [0.2, 0.25) is 5.02 Å². The van der Waals surface area contributed by atoms with Crippen LogP contribution in [0.4, 0.5) is 5.95 Å². The predicted molar refractivity (Wildman–Crippen MR) is 117 cm³/mol. The molecule has 3 aromatic rings. The van der Waals surface area contributed by atoms with E-state index in [0.717, 1.165) is 35.0 Å². The lowest BCUT2D eigenvalue weighted by molar-refractivity contribution is 0.281. The van der Waals surface area contributed by atoms with Crippen LogP contribution in [0.15, 0.2) is 40.9 Å². The first kappa shape index (κ1) is 21.4. The van der Waals surface area contributed by atoms with E-state index in [4.69, 9.17) is 21.1 Å². The molecule has 0 aliphatic heterocycles. The van der Waals surface area contributed by atoms with Gasteiger partial charge in [0.15, 0.2) is 11.5 Å². The minimum Gasteiger partial charge on any atom is -0.493 e. The van der Waals surface area contributed by atoms with Gasteiger partial charge in [-0.25, -0.2) is 4.68 Å². The van der Waals surface area contributed by atoms with Gasteiger partial charge in [-0.15, -0.1) is 0 Å². The number of nitrogens with zero attached hydrogens (tertiary/aromatic N) is 4. The number of methoxy groups -OCH3 is 1. The van der Waals surface area contributed by atoms with Gasteiger partial charge in [0.05, 0.1) is 7.11 Å². The third kappa shape index (κ3) is 5.61. The molecular formula is C20H23BrClN5O2. The van der Waals surface area contributed by atoms with Gasteiger partial charge in [-0.3, -0.25) is 0 Å². The van der Waals surface area contributed by atoms with Gasteiger partial charge in [-0.2, -0.15) is 0 Å². The lowest BCUT2D eigenvalue weighted by Gasteiger charge is -2.17. The van der Waals surface area contributed by atoms with Crippen molar-refractivity contribution in [2.45, 2.75) is 39.5 Å². The number of benzene rings is 2. The minimum absolute atomic E-state index is 0.370. The molecule has 154 valence electrons. The number of aryl methyl sites for hydroxylation is 1. The van der Waals surface area contributed by atoms with Crippen LogP contribution in [-0.4, -0.2) is 27.3 Å². The molecule has 1 heterocycles. The van der Waals surface area contributed by atoms with Gasteiger partial charge >= 0.3 is 0 Å². The Kier molecular flexibility index (Phi) is 7.71. The third-order valence-corrected chi connectivity index (χ3v) is 5.32. The number of hydrogen-bond acceptors (Lipinski definition) is 6. The van der Waals surface area contributed by atoms with Crippen LogP contribution in [0.5, 0.6) is 11.5 Å². The van der Waals surface area contributed by atoms with Gasteiger partial charge < -0.3 is 14.8 Å². The SMILES string of the molecule is CCCCn1nnnc1NCc1c(Br)ccc(OC)c1OCc1cccc(Cl)c1. The number of anilines is 1. The smallest absolute Gasteiger partial charge is 0.243 e. The molecule has 1 aromatic heterocycles. The highest BCUT2D eigenvalue weighted by Gasteiger charge is 2.16. The van der Waals surface area contributed by atoms with Crippen LogP contribution in [-0.2, 0) is 19.7 Å².